The van der Waals surface area contributed by atoms with Crippen molar-refractivity contribution >= 4 is 27.7 Å². The lowest BCUT2D eigenvalue weighted by molar-refractivity contribution is 1.01. The molecule has 0 spiro atoms. The van der Waals surface area contributed by atoms with Crippen LogP contribution in [0.5, 0.6) is 0 Å². The van der Waals surface area contributed by atoms with E-state index < -0.39 is 0 Å². The van der Waals surface area contributed by atoms with Gasteiger partial charge in [-0.15, -0.1) is 0 Å². The first-order valence-electron chi connectivity index (χ1n) is 5.42. The van der Waals surface area contributed by atoms with E-state index in [4.69, 9.17) is 5.73 Å². The maximum Gasteiger partial charge on any atom is 0.0196 e. The van der Waals surface area contributed by atoms with Crippen molar-refractivity contribution in [2.24, 2.45) is 5.73 Å². The fourth-order valence-corrected chi connectivity index (χ4v) is 3.30. The summed E-state index contributed by atoms with van der Waals surface area (Å²) < 4.78 is 1.10. The van der Waals surface area contributed by atoms with Gasteiger partial charge in [0.2, 0.25) is 0 Å². The number of nitrogens with two attached hydrogens (primary N) is 1. The van der Waals surface area contributed by atoms with Crippen LogP contribution in [0, 0.1) is 6.92 Å². The van der Waals surface area contributed by atoms with E-state index in [1.165, 1.54) is 20.9 Å². The third kappa shape index (κ3) is 3.12. The van der Waals surface area contributed by atoms with Gasteiger partial charge in [-0.25, -0.2) is 0 Å². The van der Waals surface area contributed by atoms with E-state index >= 15 is 0 Å². The van der Waals surface area contributed by atoms with E-state index in [9.17, 15) is 0 Å². The fraction of sp³-hybridized carbons (Fsp3) is 0.143. The number of aryl methyl sites for hydroxylation is 1. The summed E-state index contributed by atoms with van der Waals surface area (Å²) >= 11 is 5.26. The number of halogens is 1. The minimum atomic E-state index is 0.581. The summed E-state index contributed by atoms with van der Waals surface area (Å²) in [5.74, 6) is 0. The van der Waals surface area contributed by atoms with Gasteiger partial charge in [-0.2, -0.15) is 0 Å². The summed E-state index contributed by atoms with van der Waals surface area (Å²) in [4.78, 5) is 2.50. The molecule has 3 heteroatoms. The van der Waals surface area contributed by atoms with Crippen LogP contribution < -0.4 is 5.73 Å². The van der Waals surface area contributed by atoms with E-state index in [0.717, 1.165) is 4.47 Å². The summed E-state index contributed by atoms with van der Waals surface area (Å²) in [5.41, 5.74) is 8.26. The molecule has 2 aromatic carbocycles. The average Bonchev–Trinajstić information content (AvgIpc) is 2.32. The van der Waals surface area contributed by atoms with Crippen molar-refractivity contribution in [1.29, 1.82) is 0 Å². The van der Waals surface area contributed by atoms with Gasteiger partial charge in [0.1, 0.15) is 0 Å². The highest BCUT2D eigenvalue weighted by molar-refractivity contribution is 9.10. The lowest BCUT2D eigenvalue weighted by atomic mass is 10.1. The summed E-state index contributed by atoms with van der Waals surface area (Å²) in [5, 5.41) is 0. The molecule has 1 nitrogen and oxygen atoms in total. The summed E-state index contributed by atoms with van der Waals surface area (Å²) in [6.45, 7) is 2.71. The predicted octanol–water partition coefficient (Wildman–Crippen LogP) is 4.37. The van der Waals surface area contributed by atoms with Crippen LogP contribution in [0.3, 0.4) is 0 Å². The lowest BCUT2D eigenvalue weighted by Crippen LogP contribution is -1.99. The summed E-state index contributed by atoms with van der Waals surface area (Å²) in [6.07, 6.45) is 0. The molecule has 0 saturated carbocycles. The van der Waals surface area contributed by atoms with Crippen LogP contribution >= 0.6 is 27.7 Å². The lowest BCUT2D eigenvalue weighted by Gasteiger charge is -2.10. The van der Waals surface area contributed by atoms with Gasteiger partial charge in [-0.05, 0) is 36.2 Å². The van der Waals surface area contributed by atoms with Crippen molar-refractivity contribution < 1.29 is 0 Å². The third-order valence-electron chi connectivity index (χ3n) is 2.53. The van der Waals surface area contributed by atoms with Crippen molar-refractivity contribution in [2.75, 3.05) is 0 Å². The van der Waals surface area contributed by atoms with Gasteiger partial charge in [0.05, 0.1) is 0 Å². The summed E-state index contributed by atoms with van der Waals surface area (Å²) in [6, 6.07) is 14.6. The molecule has 0 amide bonds. The number of benzene rings is 2. The molecule has 0 unspecified atom stereocenters. The van der Waals surface area contributed by atoms with Gasteiger partial charge in [0.25, 0.3) is 0 Å². The summed E-state index contributed by atoms with van der Waals surface area (Å²) in [7, 11) is 0. The Morgan fingerprint density at radius 3 is 2.65 bits per heavy atom. The van der Waals surface area contributed by atoms with Gasteiger partial charge in [0.15, 0.2) is 0 Å². The van der Waals surface area contributed by atoms with Crippen molar-refractivity contribution in [3.8, 4) is 0 Å². The zero-order valence-electron chi connectivity index (χ0n) is 9.61. The average molecular weight is 308 g/mol. The van der Waals surface area contributed by atoms with E-state index in [-0.39, 0.29) is 0 Å². The molecule has 2 aromatic rings. The van der Waals surface area contributed by atoms with E-state index in [1.54, 1.807) is 11.8 Å². The third-order valence-corrected chi connectivity index (χ3v) is 4.30. The maximum atomic E-state index is 5.78. The Labute approximate surface area is 115 Å². The zero-order chi connectivity index (χ0) is 12.3. The Hall–Kier alpha value is -0.770. The number of rotatable bonds is 3. The minimum absolute atomic E-state index is 0.581. The quantitative estimate of drug-likeness (QED) is 0.911. The van der Waals surface area contributed by atoms with Gasteiger partial charge in [-0.1, -0.05) is 52.0 Å². The maximum absolute atomic E-state index is 5.78. The van der Waals surface area contributed by atoms with Crippen LogP contribution in [0.1, 0.15) is 11.1 Å². The highest BCUT2D eigenvalue weighted by Gasteiger charge is 2.06. The van der Waals surface area contributed by atoms with Crippen LogP contribution in [0.25, 0.3) is 0 Å². The Kier molecular flexibility index (Phi) is 4.26. The second-order valence-corrected chi connectivity index (χ2v) is 5.83. The molecule has 0 aliphatic rings. The monoisotopic (exact) mass is 307 g/mol. The van der Waals surface area contributed by atoms with Gasteiger partial charge < -0.3 is 5.73 Å². The molecular weight excluding hydrogens is 294 g/mol. The van der Waals surface area contributed by atoms with E-state index in [1.807, 2.05) is 12.1 Å². The first-order valence-corrected chi connectivity index (χ1v) is 7.03. The minimum Gasteiger partial charge on any atom is -0.326 e. The second-order valence-electron chi connectivity index (χ2n) is 3.83. The second kappa shape index (κ2) is 5.71. The normalized spacial score (nSPS) is 10.5. The molecule has 0 aliphatic carbocycles. The van der Waals surface area contributed by atoms with E-state index in [0.29, 0.717) is 6.54 Å². The smallest absolute Gasteiger partial charge is 0.0196 e. The van der Waals surface area contributed by atoms with E-state index in [2.05, 4.69) is 53.2 Å². The topological polar surface area (TPSA) is 26.0 Å². The zero-order valence-corrected chi connectivity index (χ0v) is 12.0. The predicted molar refractivity (Wildman–Crippen MR) is 77.3 cm³/mol. The first kappa shape index (κ1) is 12.7. The fourth-order valence-electron chi connectivity index (χ4n) is 1.67. The molecule has 2 N–H and O–H groups in total. The van der Waals surface area contributed by atoms with Gasteiger partial charge in [-0.3, -0.25) is 0 Å². The highest BCUT2D eigenvalue weighted by atomic mass is 79.9. The standard InChI is InChI=1S/C14H14BrNS/c1-10-4-2-5-11(9-16)14(10)17-13-7-3-6-12(15)8-13/h2-8H,9,16H2,1H3. The van der Waals surface area contributed by atoms with Crippen molar-refractivity contribution in [2.45, 2.75) is 23.3 Å². The highest BCUT2D eigenvalue weighted by Crippen LogP contribution is 2.34. The molecule has 0 radical (unpaired) electrons. The Balaban J connectivity index is 2.35. The first-order chi connectivity index (χ1) is 8.20. The Bertz CT molecular complexity index is 525. The molecule has 0 atom stereocenters. The Morgan fingerprint density at radius 2 is 1.94 bits per heavy atom. The molecule has 2 rings (SSSR count). The van der Waals surface area contributed by atoms with Crippen molar-refractivity contribution in [1.82, 2.24) is 0 Å². The largest absolute Gasteiger partial charge is 0.326 e. The van der Waals surface area contributed by atoms with Crippen LogP contribution in [-0.2, 0) is 6.54 Å². The number of hydrogen-bond acceptors (Lipinski definition) is 2. The molecule has 0 heterocycles. The molecule has 0 saturated heterocycles. The number of hydrogen-bond donors (Lipinski definition) is 1. The van der Waals surface area contributed by atoms with Crippen LogP contribution in [0.2, 0.25) is 0 Å². The molecule has 0 aromatic heterocycles. The molecule has 0 fully saturated rings. The SMILES string of the molecule is Cc1cccc(CN)c1Sc1cccc(Br)c1. The molecule has 17 heavy (non-hydrogen) atoms. The molecule has 0 bridgehead atoms. The molecule has 0 aliphatic heterocycles. The van der Waals surface area contributed by atoms with Gasteiger partial charge in [0, 0.05) is 20.8 Å². The molecular formula is C14H14BrNS. The molecule has 88 valence electrons. The van der Waals surface area contributed by atoms with Gasteiger partial charge >= 0.3 is 0 Å². The van der Waals surface area contributed by atoms with Crippen LogP contribution in [0.4, 0.5) is 0 Å². The van der Waals surface area contributed by atoms with Crippen LogP contribution in [-0.4, -0.2) is 0 Å². The van der Waals surface area contributed by atoms with Crippen molar-refractivity contribution in [3.05, 3.63) is 58.1 Å². The van der Waals surface area contributed by atoms with Crippen molar-refractivity contribution in [3.63, 3.8) is 0 Å². The Morgan fingerprint density at radius 1 is 1.18 bits per heavy atom. The van der Waals surface area contributed by atoms with Crippen LogP contribution in [0.15, 0.2) is 56.7 Å².